The molecule has 0 saturated carbocycles. The number of allylic oxidation sites excluding steroid dienone is 4. The normalized spacial score (nSPS) is 13.8. The van der Waals surface area contributed by atoms with Crippen molar-refractivity contribution in [3.05, 3.63) is 241 Å². The van der Waals surface area contributed by atoms with Crippen LogP contribution in [0.1, 0.15) is 67.6 Å². The first-order valence-corrected chi connectivity index (χ1v) is 24.2. The third-order valence-electron chi connectivity index (χ3n) is 14.7. The molecule has 10 aromatic rings. The molecule has 0 bridgehead atoms. The molecule has 0 atom stereocenters. The SMILES string of the molecule is CCC1(CC)c2cc(/C=C/c3ncc(-c4cc(-c5ccccc5)c(C5=CC=CCC5)c(-c5ccccc5)c4-c4ccccc4)cn3)ccc2-c2ccc(-n3c4ccccc4c4ccccc43)cc21. The van der Waals surface area contributed by atoms with E-state index < -0.39 is 0 Å². The predicted molar refractivity (Wildman–Crippen MR) is 287 cm³/mol. The number of aromatic nitrogens is 3. The monoisotopic (exact) mass is 873 g/mol. The summed E-state index contributed by atoms with van der Waals surface area (Å²) in [6, 6.07) is 66.6. The number of nitrogens with zero attached hydrogens (tertiary/aromatic N) is 3. The highest BCUT2D eigenvalue weighted by Gasteiger charge is 2.41. The van der Waals surface area contributed by atoms with E-state index in [1.54, 1.807) is 0 Å². The summed E-state index contributed by atoms with van der Waals surface area (Å²) in [5.74, 6) is 0.675. The number of hydrogen-bond donors (Lipinski definition) is 0. The zero-order valence-corrected chi connectivity index (χ0v) is 38.5. The first kappa shape index (κ1) is 41.3. The van der Waals surface area contributed by atoms with Crippen LogP contribution in [0.15, 0.2) is 213 Å². The lowest BCUT2D eigenvalue weighted by atomic mass is 9.73. The van der Waals surface area contributed by atoms with Crippen LogP contribution in [0.25, 0.3) is 101 Å². The van der Waals surface area contributed by atoms with Crippen molar-refractivity contribution in [1.29, 1.82) is 0 Å². The summed E-state index contributed by atoms with van der Waals surface area (Å²) in [4.78, 5) is 10.1. The van der Waals surface area contributed by atoms with Gasteiger partial charge in [0.1, 0.15) is 0 Å². The van der Waals surface area contributed by atoms with Gasteiger partial charge in [-0.1, -0.05) is 190 Å². The molecule has 12 rings (SSSR count). The second-order valence-electron chi connectivity index (χ2n) is 18.2. The quantitative estimate of drug-likeness (QED) is 0.137. The largest absolute Gasteiger partial charge is 0.309 e. The van der Waals surface area contributed by atoms with Crippen molar-refractivity contribution in [2.45, 2.75) is 44.9 Å². The number of benzene rings is 8. The van der Waals surface area contributed by atoms with Gasteiger partial charge in [0.25, 0.3) is 0 Å². The summed E-state index contributed by atoms with van der Waals surface area (Å²) in [5, 5.41) is 2.57. The van der Waals surface area contributed by atoms with Crippen LogP contribution < -0.4 is 0 Å². The van der Waals surface area contributed by atoms with Crippen LogP contribution in [0.4, 0.5) is 0 Å². The molecule has 0 fully saturated rings. The molecule has 0 spiro atoms. The molecule has 68 heavy (non-hydrogen) atoms. The molecule has 0 N–H and O–H groups in total. The van der Waals surface area contributed by atoms with Gasteiger partial charge in [0.15, 0.2) is 5.82 Å². The van der Waals surface area contributed by atoms with E-state index in [0.29, 0.717) is 5.82 Å². The lowest BCUT2D eigenvalue weighted by molar-refractivity contribution is 0.490. The first-order chi connectivity index (χ1) is 33.6. The summed E-state index contributed by atoms with van der Waals surface area (Å²) in [6.45, 7) is 4.70. The number of rotatable bonds is 10. The van der Waals surface area contributed by atoms with Gasteiger partial charge < -0.3 is 4.57 Å². The van der Waals surface area contributed by atoms with Crippen molar-refractivity contribution in [3.63, 3.8) is 0 Å². The zero-order valence-electron chi connectivity index (χ0n) is 38.5. The van der Waals surface area contributed by atoms with Gasteiger partial charge >= 0.3 is 0 Å². The third-order valence-corrected chi connectivity index (χ3v) is 14.7. The molecule has 2 aromatic heterocycles. The summed E-state index contributed by atoms with van der Waals surface area (Å²) in [5.41, 5.74) is 22.1. The number of para-hydroxylation sites is 2. The summed E-state index contributed by atoms with van der Waals surface area (Å²) in [7, 11) is 0. The van der Waals surface area contributed by atoms with E-state index in [9.17, 15) is 0 Å². The van der Waals surface area contributed by atoms with Crippen molar-refractivity contribution in [2.24, 2.45) is 0 Å². The minimum atomic E-state index is -0.102. The smallest absolute Gasteiger partial charge is 0.151 e. The van der Waals surface area contributed by atoms with Crippen LogP contribution >= 0.6 is 0 Å². The molecule has 0 saturated heterocycles. The number of hydrogen-bond acceptors (Lipinski definition) is 2. The maximum atomic E-state index is 5.04. The Balaban J connectivity index is 0.932. The fourth-order valence-electron chi connectivity index (χ4n) is 11.4. The molecule has 326 valence electrons. The highest BCUT2D eigenvalue weighted by atomic mass is 15.0. The Morgan fingerprint density at radius 3 is 1.68 bits per heavy atom. The Morgan fingerprint density at radius 2 is 1.06 bits per heavy atom. The van der Waals surface area contributed by atoms with Gasteiger partial charge in [0, 0.05) is 39.8 Å². The summed E-state index contributed by atoms with van der Waals surface area (Å²) in [6.07, 6.45) is 19.1. The summed E-state index contributed by atoms with van der Waals surface area (Å²) >= 11 is 0. The molecular weight excluding hydrogens is 823 g/mol. The Bertz CT molecular complexity index is 3550. The fraction of sp³-hybridized carbons (Fsp3) is 0.108. The lowest BCUT2D eigenvalue weighted by Crippen LogP contribution is -2.23. The second-order valence-corrected chi connectivity index (χ2v) is 18.2. The maximum absolute atomic E-state index is 5.04. The van der Waals surface area contributed by atoms with Crippen LogP contribution in [-0.4, -0.2) is 14.5 Å². The van der Waals surface area contributed by atoms with Crippen LogP contribution in [0.3, 0.4) is 0 Å². The zero-order chi connectivity index (χ0) is 45.6. The van der Waals surface area contributed by atoms with Gasteiger partial charge in [-0.3, -0.25) is 0 Å². The van der Waals surface area contributed by atoms with E-state index in [2.05, 4.69) is 231 Å². The molecule has 8 aromatic carbocycles. The fourth-order valence-corrected chi connectivity index (χ4v) is 11.4. The van der Waals surface area contributed by atoms with E-state index in [1.807, 2.05) is 12.4 Å². The van der Waals surface area contributed by atoms with Gasteiger partial charge in [0.2, 0.25) is 0 Å². The maximum Gasteiger partial charge on any atom is 0.151 e. The molecule has 3 nitrogen and oxygen atoms in total. The van der Waals surface area contributed by atoms with Gasteiger partial charge in [-0.15, -0.1) is 0 Å². The van der Waals surface area contributed by atoms with Crippen molar-refractivity contribution >= 4 is 39.5 Å². The van der Waals surface area contributed by atoms with Crippen molar-refractivity contribution in [3.8, 4) is 61.3 Å². The highest BCUT2D eigenvalue weighted by Crippen LogP contribution is 2.54. The molecule has 0 unspecified atom stereocenters. The van der Waals surface area contributed by atoms with Crippen LogP contribution in [-0.2, 0) is 5.41 Å². The van der Waals surface area contributed by atoms with Gasteiger partial charge in [0.05, 0.1) is 11.0 Å². The molecular formula is C65H51N3. The Morgan fingerprint density at radius 1 is 0.500 bits per heavy atom. The third kappa shape index (κ3) is 6.88. The molecule has 2 heterocycles. The Hall–Kier alpha value is -8.14. The Kier molecular flexibility index (Phi) is 10.5. The van der Waals surface area contributed by atoms with Crippen LogP contribution in [0, 0.1) is 0 Å². The Labute approximate surface area is 399 Å². The molecule has 2 aliphatic rings. The highest BCUT2D eigenvalue weighted by molar-refractivity contribution is 6.09. The van der Waals surface area contributed by atoms with Gasteiger partial charge in [-0.2, -0.15) is 0 Å². The molecule has 3 heteroatoms. The van der Waals surface area contributed by atoms with E-state index >= 15 is 0 Å². The van der Waals surface area contributed by atoms with E-state index in [4.69, 9.17) is 9.97 Å². The van der Waals surface area contributed by atoms with Crippen LogP contribution in [0.5, 0.6) is 0 Å². The first-order valence-electron chi connectivity index (χ1n) is 24.2. The van der Waals surface area contributed by atoms with E-state index in [-0.39, 0.29) is 5.41 Å². The van der Waals surface area contributed by atoms with Crippen molar-refractivity contribution in [1.82, 2.24) is 14.5 Å². The minimum Gasteiger partial charge on any atom is -0.309 e. The standard InChI is InChI=1S/C65H51N3/c1-3-65(4-2)57-39-44(33-36-51(57)52-37-35-50(40-58(52)65)68-59-31-19-17-29-53(59)54-30-18-20-32-60(54)68)34-38-61-66-42-49(43-67-61)56-41-55(45-21-9-5-10-22-45)62(46-23-11-6-12-24-46)64(48-27-15-8-16-28-48)63(56)47-25-13-7-14-26-47/h5-11,13-23,25-43H,3-4,12,24H2,1-2H3/b38-34+. The van der Waals surface area contributed by atoms with Crippen LogP contribution in [0.2, 0.25) is 0 Å². The lowest BCUT2D eigenvalue weighted by Gasteiger charge is -2.30. The average Bonchev–Trinajstić information content (AvgIpc) is 3.90. The van der Waals surface area contributed by atoms with Crippen molar-refractivity contribution < 1.29 is 0 Å². The average molecular weight is 874 g/mol. The van der Waals surface area contributed by atoms with Gasteiger partial charge in [-0.05, 0) is 140 Å². The molecule has 2 aliphatic carbocycles. The molecule has 0 aliphatic heterocycles. The minimum absolute atomic E-state index is 0.102. The topological polar surface area (TPSA) is 30.7 Å². The predicted octanol–water partition coefficient (Wildman–Crippen LogP) is 17.2. The second kappa shape index (κ2) is 17.3. The van der Waals surface area contributed by atoms with Gasteiger partial charge in [-0.25, -0.2) is 9.97 Å². The van der Waals surface area contributed by atoms with Crippen molar-refractivity contribution in [2.75, 3.05) is 0 Å². The van der Waals surface area contributed by atoms with E-state index in [1.165, 1.54) is 88.7 Å². The molecule has 0 radical (unpaired) electrons. The van der Waals surface area contributed by atoms with E-state index in [0.717, 1.165) is 47.9 Å². The number of fused-ring (bicyclic) bond motifs is 6. The summed E-state index contributed by atoms with van der Waals surface area (Å²) < 4.78 is 2.44. The molecule has 0 amide bonds.